The van der Waals surface area contributed by atoms with Crippen LogP contribution in [0.1, 0.15) is 36.7 Å². The molecule has 1 saturated heterocycles. The fraction of sp³-hybridized carbons (Fsp3) is 0.471. The van der Waals surface area contributed by atoms with Crippen molar-refractivity contribution in [3.63, 3.8) is 0 Å². The Kier molecular flexibility index (Phi) is 3.53. The van der Waals surface area contributed by atoms with E-state index in [1.54, 1.807) is 0 Å². The maximum atomic E-state index is 11.5. The van der Waals surface area contributed by atoms with E-state index in [0.29, 0.717) is 13.0 Å². The van der Waals surface area contributed by atoms with Gasteiger partial charge in [0.15, 0.2) is 0 Å². The number of benzene rings is 1. The highest BCUT2D eigenvalue weighted by Gasteiger charge is 2.37. The van der Waals surface area contributed by atoms with Gasteiger partial charge in [0, 0.05) is 43.5 Å². The third kappa shape index (κ3) is 2.36. The highest BCUT2D eigenvalue weighted by molar-refractivity contribution is 6.31. The van der Waals surface area contributed by atoms with Crippen LogP contribution in [0.15, 0.2) is 18.2 Å². The number of halogens is 1. The maximum Gasteiger partial charge on any atom is 0.227 e. The highest BCUT2D eigenvalue weighted by atomic mass is 35.5. The van der Waals surface area contributed by atoms with E-state index in [4.69, 9.17) is 11.6 Å². The summed E-state index contributed by atoms with van der Waals surface area (Å²) < 4.78 is 2.05. The molecule has 1 unspecified atom stereocenters. The predicted octanol–water partition coefficient (Wildman–Crippen LogP) is 2.16. The Labute approximate surface area is 145 Å². The molecule has 7 heteroatoms. The van der Waals surface area contributed by atoms with Gasteiger partial charge in [-0.15, -0.1) is 10.2 Å². The normalized spacial score (nSPS) is 23.3. The molecule has 1 atom stereocenters. The molecular formula is C17H20ClN5O. The fourth-order valence-electron chi connectivity index (χ4n) is 3.69. The molecule has 2 aliphatic rings. The van der Waals surface area contributed by atoms with Gasteiger partial charge in [-0.1, -0.05) is 30.7 Å². The van der Waals surface area contributed by atoms with Crippen LogP contribution in [0.2, 0.25) is 5.02 Å². The molecule has 6 nitrogen and oxygen atoms in total. The molecule has 1 aromatic heterocycles. The lowest BCUT2D eigenvalue weighted by Crippen LogP contribution is -2.45. The molecule has 0 spiro atoms. The number of fused-ring (bicyclic) bond motifs is 1. The molecule has 0 bridgehead atoms. The van der Waals surface area contributed by atoms with Gasteiger partial charge in [0.1, 0.15) is 5.82 Å². The van der Waals surface area contributed by atoms with Gasteiger partial charge in [0.25, 0.3) is 0 Å². The summed E-state index contributed by atoms with van der Waals surface area (Å²) in [5, 5.41) is 12.6. The van der Waals surface area contributed by atoms with Gasteiger partial charge in [0.05, 0.1) is 0 Å². The molecule has 4 rings (SSSR count). The summed E-state index contributed by atoms with van der Waals surface area (Å²) in [7, 11) is 2.00. The van der Waals surface area contributed by atoms with Crippen molar-refractivity contribution < 1.29 is 4.79 Å². The highest BCUT2D eigenvalue weighted by Crippen LogP contribution is 2.35. The second kappa shape index (κ2) is 5.48. The predicted molar refractivity (Wildman–Crippen MR) is 91.9 cm³/mol. The van der Waals surface area contributed by atoms with Crippen LogP contribution in [0.5, 0.6) is 0 Å². The molecule has 0 radical (unpaired) electrons. The Bertz CT molecular complexity index is 805. The first kappa shape index (κ1) is 15.4. The van der Waals surface area contributed by atoms with E-state index in [9.17, 15) is 4.79 Å². The van der Waals surface area contributed by atoms with Gasteiger partial charge in [-0.05, 0) is 23.6 Å². The number of hydrogen-bond donors (Lipinski definition) is 1. The van der Waals surface area contributed by atoms with E-state index in [-0.39, 0.29) is 11.3 Å². The molecule has 2 aliphatic heterocycles. The minimum atomic E-state index is -0.182. The molecule has 0 saturated carbocycles. The number of amides is 1. The molecule has 1 aromatic carbocycles. The zero-order chi connectivity index (χ0) is 16.9. The lowest BCUT2D eigenvalue weighted by atomic mass is 9.81. The van der Waals surface area contributed by atoms with Crippen molar-refractivity contribution in [3.8, 4) is 0 Å². The smallest absolute Gasteiger partial charge is 0.227 e. The Morgan fingerprint density at radius 1 is 1.29 bits per heavy atom. The van der Waals surface area contributed by atoms with E-state index < -0.39 is 0 Å². The summed E-state index contributed by atoms with van der Waals surface area (Å²) >= 11 is 6.32. The van der Waals surface area contributed by atoms with Crippen LogP contribution in [0.3, 0.4) is 0 Å². The number of aromatic nitrogens is 3. The first-order chi connectivity index (χ1) is 11.5. The van der Waals surface area contributed by atoms with Gasteiger partial charge in [-0.2, -0.15) is 0 Å². The van der Waals surface area contributed by atoms with Crippen molar-refractivity contribution in [1.82, 2.24) is 20.1 Å². The van der Waals surface area contributed by atoms with Crippen molar-refractivity contribution >= 4 is 23.5 Å². The zero-order valence-electron chi connectivity index (χ0n) is 13.8. The first-order valence-electron chi connectivity index (χ1n) is 8.16. The summed E-state index contributed by atoms with van der Waals surface area (Å²) in [4.78, 5) is 13.7. The van der Waals surface area contributed by atoms with E-state index in [1.807, 2.05) is 19.2 Å². The third-order valence-corrected chi connectivity index (χ3v) is 5.53. The average molecular weight is 346 g/mol. The molecule has 3 heterocycles. The standard InChI is InChI=1S/C17H20ClN5O/c1-17(7-6-14(24)19-10-17)15-20-21-16(22(15)2)23-8-11-4-3-5-13(18)12(11)9-23/h3-5H,6-10H2,1-2H3,(H,19,24). The van der Waals surface area contributed by atoms with E-state index >= 15 is 0 Å². The lowest BCUT2D eigenvalue weighted by molar-refractivity contribution is -0.123. The monoisotopic (exact) mass is 345 g/mol. The maximum absolute atomic E-state index is 11.5. The number of rotatable bonds is 2. The average Bonchev–Trinajstić information content (AvgIpc) is 3.15. The van der Waals surface area contributed by atoms with E-state index in [1.165, 1.54) is 11.1 Å². The quantitative estimate of drug-likeness (QED) is 0.906. The lowest BCUT2D eigenvalue weighted by Gasteiger charge is -2.32. The zero-order valence-corrected chi connectivity index (χ0v) is 14.6. The van der Waals surface area contributed by atoms with Gasteiger partial charge >= 0.3 is 0 Å². The van der Waals surface area contributed by atoms with Crippen molar-refractivity contribution in [3.05, 3.63) is 40.2 Å². The van der Waals surface area contributed by atoms with Crippen LogP contribution in [-0.2, 0) is 30.3 Å². The largest absolute Gasteiger partial charge is 0.355 e. The molecule has 1 fully saturated rings. The number of carbonyl (C=O) groups excluding carboxylic acids is 1. The van der Waals surface area contributed by atoms with Gasteiger partial charge < -0.3 is 10.2 Å². The van der Waals surface area contributed by atoms with Crippen LogP contribution < -0.4 is 10.2 Å². The summed E-state index contributed by atoms with van der Waals surface area (Å²) in [6.45, 7) is 4.27. The molecule has 0 aliphatic carbocycles. The summed E-state index contributed by atoms with van der Waals surface area (Å²) in [6, 6.07) is 6.02. The van der Waals surface area contributed by atoms with Gasteiger partial charge in [-0.3, -0.25) is 9.36 Å². The molecular weight excluding hydrogens is 326 g/mol. The molecule has 1 amide bonds. The Hall–Kier alpha value is -2.08. The number of anilines is 1. The van der Waals surface area contributed by atoms with Gasteiger partial charge in [0.2, 0.25) is 11.9 Å². The Morgan fingerprint density at radius 3 is 2.83 bits per heavy atom. The van der Waals surface area contributed by atoms with Crippen molar-refractivity contribution in [2.24, 2.45) is 7.05 Å². The fourth-order valence-corrected chi connectivity index (χ4v) is 3.95. The number of nitrogens with zero attached hydrogens (tertiary/aromatic N) is 4. The molecule has 126 valence electrons. The molecule has 1 N–H and O–H groups in total. The van der Waals surface area contributed by atoms with Crippen molar-refractivity contribution in [2.75, 3.05) is 11.4 Å². The van der Waals surface area contributed by atoms with E-state index in [0.717, 1.165) is 36.3 Å². The van der Waals surface area contributed by atoms with Crippen LogP contribution >= 0.6 is 11.6 Å². The third-order valence-electron chi connectivity index (χ3n) is 5.18. The summed E-state index contributed by atoms with van der Waals surface area (Å²) in [5.74, 6) is 1.87. The number of hydrogen-bond acceptors (Lipinski definition) is 4. The number of carbonyl (C=O) groups is 1. The Morgan fingerprint density at radius 2 is 2.12 bits per heavy atom. The summed E-state index contributed by atoms with van der Waals surface area (Å²) in [6.07, 6.45) is 1.32. The summed E-state index contributed by atoms with van der Waals surface area (Å²) in [5.41, 5.74) is 2.22. The molecule has 24 heavy (non-hydrogen) atoms. The minimum Gasteiger partial charge on any atom is -0.355 e. The van der Waals surface area contributed by atoms with Crippen LogP contribution in [0.4, 0.5) is 5.95 Å². The van der Waals surface area contributed by atoms with Gasteiger partial charge in [-0.25, -0.2) is 0 Å². The first-order valence-corrected chi connectivity index (χ1v) is 8.53. The van der Waals surface area contributed by atoms with Crippen LogP contribution in [-0.4, -0.2) is 27.2 Å². The molecule has 2 aromatic rings. The Balaban J connectivity index is 1.62. The minimum absolute atomic E-state index is 0.111. The van der Waals surface area contributed by atoms with Crippen molar-refractivity contribution in [2.45, 2.75) is 38.3 Å². The topological polar surface area (TPSA) is 63.1 Å². The number of nitrogens with one attached hydrogen (secondary N) is 1. The van der Waals surface area contributed by atoms with Crippen molar-refractivity contribution in [1.29, 1.82) is 0 Å². The van der Waals surface area contributed by atoms with Crippen LogP contribution in [0.25, 0.3) is 0 Å². The van der Waals surface area contributed by atoms with E-state index in [2.05, 4.69) is 38.0 Å². The number of piperidine rings is 1. The second-order valence-corrected chi connectivity index (χ2v) is 7.36. The second-order valence-electron chi connectivity index (χ2n) is 6.95. The van der Waals surface area contributed by atoms with Crippen LogP contribution in [0, 0.1) is 0 Å². The SMILES string of the molecule is Cn1c(N2Cc3cccc(Cl)c3C2)nnc1C1(C)CCC(=O)NC1.